The molecule has 3 nitrogen and oxygen atoms in total. The van der Waals surface area contributed by atoms with E-state index in [2.05, 4.69) is 0 Å². The highest BCUT2D eigenvalue weighted by molar-refractivity contribution is 5.84. The van der Waals surface area contributed by atoms with Gasteiger partial charge in [-0.25, -0.2) is 0 Å². The third-order valence-electron chi connectivity index (χ3n) is 2.10. The topological polar surface area (TPSA) is 36.6 Å². The van der Waals surface area contributed by atoms with E-state index in [1.165, 1.54) is 0 Å². The quantitative estimate of drug-likeness (QED) is 0.790. The summed E-state index contributed by atoms with van der Waals surface area (Å²) < 4.78 is 5.52. The maximum atomic E-state index is 9.82. The second-order valence-corrected chi connectivity index (χ2v) is 3.61. The van der Waals surface area contributed by atoms with Crippen LogP contribution in [0.3, 0.4) is 0 Å². The van der Waals surface area contributed by atoms with Gasteiger partial charge < -0.3 is 14.4 Å². The van der Waals surface area contributed by atoms with Gasteiger partial charge in [0.15, 0.2) is 11.5 Å². The molecular formula is C11H13NO2. The van der Waals surface area contributed by atoms with Crippen molar-refractivity contribution < 1.29 is 9.52 Å². The molecule has 0 saturated heterocycles. The first-order chi connectivity index (χ1) is 6.68. The monoisotopic (exact) mass is 191 g/mol. The van der Waals surface area contributed by atoms with Crippen LogP contribution in [0.15, 0.2) is 28.7 Å². The van der Waals surface area contributed by atoms with Gasteiger partial charge in [-0.3, -0.25) is 0 Å². The summed E-state index contributed by atoms with van der Waals surface area (Å²) in [5.74, 6) is 0.880. The molecule has 0 aliphatic rings. The fourth-order valence-corrected chi connectivity index (χ4v) is 1.48. The SMILES string of the molecule is CN(C)Cc1oc2ccccc2c1O. The minimum atomic E-state index is 0.259. The molecule has 2 aromatic rings. The van der Waals surface area contributed by atoms with Crippen molar-refractivity contribution >= 4 is 11.0 Å². The number of fused-ring (bicyclic) bond motifs is 1. The minimum absolute atomic E-state index is 0.259. The van der Waals surface area contributed by atoms with Crippen LogP contribution >= 0.6 is 0 Å². The van der Waals surface area contributed by atoms with E-state index in [4.69, 9.17) is 4.42 Å². The number of nitrogens with zero attached hydrogens (tertiary/aromatic N) is 1. The van der Waals surface area contributed by atoms with Gasteiger partial charge in [-0.15, -0.1) is 0 Å². The molecular weight excluding hydrogens is 178 g/mol. The van der Waals surface area contributed by atoms with Gasteiger partial charge in [0.1, 0.15) is 5.58 Å². The standard InChI is InChI=1S/C11H13NO2/c1-12(2)7-10-11(13)8-5-3-4-6-9(8)14-10/h3-6,13H,7H2,1-2H3. The van der Waals surface area contributed by atoms with E-state index in [1.807, 2.05) is 43.3 Å². The summed E-state index contributed by atoms with van der Waals surface area (Å²) in [6.07, 6.45) is 0. The predicted molar refractivity (Wildman–Crippen MR) is 55.3 cm³/mol. The number of furan rings is 1. The van der Waals surface area contributed by atoms with Crippen LogP contribution in [0.25, 0.3) is 11.0 Å². The predicted octanol–water partition coefficient (Wildman–Crippen LogP) is 2.20. The highest BCUT2D eigenvalue weighted by atomic mass is 16.4. The van der Waals surface area contributed by atoms with Crippen molar-refractivity contribution in [3.63, 3.8) is 0 Å². The lowest BCUT2D eigenvalue weighted by Gasteiger charge is -2.05. The summed E-state index contributed by atoms with van der Waals surface area (Å²) in [7, 11) is 3.87. The highest BCUT2D eigenvalue weighted by Gasteiger charge is 2.12. The Morgan fingerprint density at radius 3 is 2.64 bits per heavy atom. The van der Waals surface area contributed by atoms with E-state index in [0.29, 0.717) is 12.3 Å². The summed E-state index contributed by atoms with van der Waals surface area (Å²) in [5.41, 5.74) is 0.738. The Bertz CT molecular complexity index is 445. The minimum Gasteiger partial charge on any atom is -0.504 e. The van der Waals surface area contributed by atoms with E-state index in [1.54, 1.807) is 0 Å². The average Bonchev–Trinajstić information content (AvgIpc) is 2.44. The second-order valence-electron chi connectivity index (χ2n) is 3.61. The first-order valence-electron chi connectivity index (χ1n) is 4.52. The normalized spacial score (nSPS) is 11.4. The number of hydrogen-bond acceptors (Lipinski definition) is 3. The third-order valence-corrected chi connectivity index (χ3v) is 2.10. The van der Waals surface area contributed by atoms with Crippen molar-refractivity contribution in [1.29, 1.82) is 0 Å². The van der Waals surface area contributed by atoms with Crippen LogP contribution in [-0.4, -0.2) is 24.1 Å². The van der Waals surface area contributed by atoms with Gasteiger partial charge in [0.2, 0.25) is 0 Å². The Labute approximate surface area is 82.6 Å². The van der Waals surface area contributed by atoms with E-state index in [-0.39, 0.29) is 5.75 Å². The lowest BCUT2D eigenvalue weighted by molar-refractivity contribution is 0.340. The highest BCUT2D eigenvalue weighted by Crippen LogP contribution is 2.31. The zero-order valence-electron chi connectivity index (χ0n) is 8.32. The van der Waals surface area contributed by atoms with Crippen molar-refractivity contribution in [2.24, 2.45) is 0 Å². The zero-order valence-corrected chi connectivity index (χ0v) is 8.32. The third kappa shape index (κ3) is 1.46. The molecule has 1 N–H and O–H groups in total. The molecule has 0 radical (unpaired) electrons. The van der Waals surface area contributed by atoms with Gasteiger partial charge in [0, 0.05) is 0 Å². The molecule has 1 heterocycles. The Hall–Kier alpha value is -1.48. The van der Waals surface area contributed by atoms with Crippen LogP contribution in [0.4, 0.5) is 0 Å². The van der Waals surface area contributed by atoms with Gasteiger partial charge in [0.25, 0.3) is 0 Å². The van der Waals surface area contributed by atoms with Crippen LogP contribution in [0.2, 0.25) is 0 Å². The number of aromatic hydroxyl groups is 1. The smallest absolute Gasteiger partial charge is 0.166 e. The van der Waals surface area contributed by atoms with Crippen molar-refractivity contribution in [2.45, 2.75) is 6.54 Å². The Balaban J connectivity index is 2.51. The molecule has 3 heteroatoms. The van der Waals surface area contributed by atoms with E-state index < -0.39 is 0 Å². The molecule has 14 heavy (non-hydrogen) atoms. The Kier molecular flexibility index (Phi) is 2.17. The molecule has 0 fully saturated rings. The number of rotatable bonds is 2. The van der Waals surface area contributed by atoms with Crippen molar-refractivity contribution in [3.8, 4) is 5.75 Å². The van der Waals surface area contributed by atoms with Crippen LogP contribution in [0.1, 0.15) is 5.76 Å². The molecule has 0 amide bonds. The molecule has 1 aromatic carbocycles. The first kappa shape index (κ1) is 9.09. The first-order valence-corrected chi connectivity index (χ1v) is 4.52. The molecule has 0 bridgehead atoms. The Morgan fingerprint density at radius 1 is 1.29 bits per heavy atom. The number of hydrogen-bond donors (Lipinski definition) is 1. The van der Waals surface area contributed by atoms with Crippen molar-refractivity contribution in [2.75, 3.05) is 14.1 Å². The van der Waals surface area contributed by atoms with Crippen LogP contribution < -0.4 is 0 Å². The summed E-state index contributed by atoms with van der Waals surface area (Å²) >= 11 is 0. The van der Waals surface area contributed by atoms with Gasteiger partial charge in [-0.05, 0) is 26.2 Å². The van der Waals surface area contributed by atoms with E-state index in [0.717, 1.165) is 11.0 Å². The van der Waals surface area contributed by atoms with Crippen LogP contribution in [-0.2, 0) is 6.54 Å². The molecule has 0 atom stereocenters. The van der Waals surface area contributed by atoms with Crippen LogP contribution in [0.5, 0.6) is 5.75 Å². The van der Waals surface area contributed by atoms with Crippen molar-refractivity contribution in [3.05, 3.63) is 30.0 Å². The summed E-state index contributed by atoms with van der Waals surface area (Å²) in [6, 6.07) is 7.49. The average molecular weight is 191 g/mol. The Morgan fingerprint density at radius 2 is 2.00 bits per heavy atom. The zero-order chi connectivity index (χ0) is 10.1. The van der Waals surface area contributed by atoms with E-state index in [9.17, 15) is 5.11 Å². The fraction of sp³-hybridized carbons (Fsp3) is 0.273. The van der Waals surface area contributed by atoms with Gasteiger partial charge in [-0.1, -0.05) is 12.1 Å². The molecule has 74 valence electrons. The fourth-order valence-electron chi connectivity index (χ4n) is 1.48. The molecule has 2 rings (SSSR count). The van der Waals surface area contributed by atoms with E-state index >= 15 is 0 Å². The van der Waals surface area contributed by atoms with Gasteiger partial charge in [-0.2, -0.15) is 0 Å². The molecule has 1 aromatic heterocycles. The largest absolute Gasteiger partial charge is 0.504 e. The van der Waals surface area contributed by atoms with Crippen LogP contribution in [0, 0.1) is 0 Å². The lowest BCUT2D eigenvalue weighted by atomic mass is 10.2. The molecule has 0 aliphatic carbocycles. The number of para-hydroxylation sites is 1. The number of benzene rings is 1. The molecule has 0 saturated carbocycles. The molecule has 0 aliphatic heterocycles. The van der Waals surface area contributed by atoms with Crippen molar-refractivity contribution in [1.82, 2.24) is 4.90 Å². The summed E-state index contributed by atoms with van der Waals surface area (Å²) in [5, 5.41) is 10.6. The van der Waals surface area contributed by atoms with Gasteiger partial charge >= 0.3 is 0 Å². The summed E-state index contributed by atoms with van der Waals surface area (Å²) in [4.78, 5) is 1.96. The molecule has 0 unspecified atom stereocenters. The summed E-state index contributed by atoms with van der Waals surface area (Å²) in [6.45, 7) is 0.612. The second kappa shape index (κ2) is 3.35. The maximum Gasteiger partial charge on any atom is 0.166 e. The van der Waals surface area contributed by atoms with Gasteiger partial charge in [0.05, 0.1) is 11.9 Å². The molecule has 0 spiro atoms. The lowest BCUT2D eigenvalue weighted by Crippen LogP contribution is -2.09. The maximum absolute atomic E-state index is 9.82.